The van der Waals surface area contributed by atoms with Gasteiger partial charge in [0.25, 0.3) is 5.91 Å². The fourth-order valence-electron chi connectivity index (χ4n) is 2.58. The lowest BCUT2D eigenvalue weighted by Gasteiger charge is -2.22. The lowest BCUT2D eigenvalue weighted by molar-refractivity contribution is -0.118. The number of carbonyl (C=O) groups excluding carboxylic acids is 2. The number of nitrogens with two attached hydrogens (primary N) is 1. The van der Waals surface area contributed by atoms with Crippen LogP contribution in [0, 0.1) is 5.92 Å². The van der Waals surface area contributed by atoms with Crippen LogP contribution in [-0.4, -0.2) is 22.8 Å². The number of nitrogens with zero attached hydrogens (tertiary/aromatic N) is 1. The zero-order chi connectivity index (χ0) is 20.2. The second-order valence-electron chi connectivity index (χ2n) is 7.98. The molecule has 27 heavy (non-hydrogen) atoms. The first-order chi connectivity index (χ1) is 12.6. The van der Waals surface area contributed by atoms with E-state index in [2.05, 4.69) is 36.4 Å². The fraction of sp³-hybridized carbons (Fsp3) is 0.381. The summed E-state index contributed by atoms with van der Waals surface area (Å²) in [4.78, 5) is 29.2. The van der Waals surface area contributed by atoms with Gasteiger partial charge in [0.2, 0.25) is 5.91 Å². The highest BCUT2D eigenvalue weighted by atomic mass is 16.2. The summed E-state index contributed by atoms with van der Waals surface area (Å²) in [6.07, 6.45) is 1.48. The smallest absolute Gasteiger partial charge is 0.251 e. The fourth-order valence-corrected chi connectivity index (χ4v) is 2.58. The zero-order valence-electron chi connectivity index (χ0n) is 16.5. The molecule has 1 atom stereocenters. The Kier molecular flexibility index (Phi) is 6.20. The average molecular weight is 368 g/mol. The third-order valence-corrected chi connectivity index (χ3v) is 4.30. The molecule has 0 aliphatic rings. The molecular formula is C21H28N4O2. The molecule has 2 amide bonds. The summed E-state index contributed by atoms with van der Waals surface area (Å²) in [7, 11) is 0. The van der Waals surface area contributed by atoms with Gasteiger partial charge in [0, 0.05) is 5.56 Å². The van der Waals surface area contributed by atoms with Crippen molar-refractivity contribution >= 4 is 23.3 Å². The van der Waals surface area contributed by atoms with Crippen LogP contribution in [0.3, 0.4) is 0 Å². The van der Waals surface area contributed by atoms with Gasteiger partial charge in [-0.15, -0.1) is 0 Å². The van der Waals surface area contributed by atoms with Gasteiger partial charge in [0.05, 0.1) is 11.9 Å². The summed E-state index contributed by atoms with van der Waals surface area (Å²) in [6.45, 7) is 10.1. The molecule has 1 aromatic heterocycles. The standard InChI is InChI=1S/C21H28N4O2/c1-13(2)18(20(27)24-16-10-11-17(22)23-12-16)25-19(26)14-6-8-15(9-7-14)21(3,4)5/h6-13,18H,1-5H3,(H2,22,23)(H,24,27)(H,25,26). The number of anilines is 2. The van der Waals surface area contributed by atoms with Gasteiger partial charge < -0.3 is 16.4 Å². The molecule has 1 aromatic carbocycles. The Balaban J connectivity index is 2.09. The number of carbonyl (C=O) groups is 2. The quantitative estimate of drug-likeness (QED) is 0.754. The van der Waals surface area contributed by atoms with Crippen LogP contribution in [0.15, 0.2) is 42.6 Å². The molecule has 0 saturated carbocycles. The first-order valence-electron chi connectivity index (χ1n) is 9.01. The number of aromatic nitrogens is 1. The highest BCUT2D eigenvalue weighted by molar-refractivity contribution is 6.01. The minimum Gasteiger partial charge on any atom is -0.384 e. The first kappa shape index (κ1) is 20.4. The Morgan fingerprint density at radius 2 is 1.67 bits per heavy atom. The second-order valence-corrected chi connectivity index (χ2v) is 7.98. The van der Waals surface area contributed by atoms with Crippen LogP contribution in [0.5, 0.6) is 0 Å². The van der Waals surface area contributed by atoms with Crippen LogP contribution in [0.2, 0.25) is 0 Å². The van der Waals surface area contributed by atoms with Gasteiger partial charge in [-0.3, -0.25) is 9.59 Å². The normalized spacial score (nSPS) is 12.5. The molecule has 144 valence electrons. The number of benzene rings is 1. The first-order valence-corrected chi connectivity index (χ1v) is 9.01. The number of nitrogen functional groups attached to an aromatic ring is 1. The average Bonchev–Trinajstić information content (AvgIpc) is 2.60. The van der Waals surface area contributed by atoms with Gasteiger partial charge in [-0.05, 0) is 41.2 Å². The van der Waals surface area contributed by atoms with Crippen molar-refractivity contribution in [2.24, 2.45) is 5.92 Å². The maximum absolute atomic E-state index is 12.6. The van der Waals surface area contributed by atoms with Crippen LogP contribution in [0.1, 0.15) is 50.5 Å². The number of hydrogen-bond acceptors (Lipinski definition) is 4. The van der Waals surface area contributed by atoms with Gasteiger partial charge in [-0.2, -0.15) is 0 Å². The summed E-state index contributed by atoms with van der Waals surface area (Å²) in [6, 6.07) is 10.1. The number of amides is 2. The van der Waals surface area contributed by atoms with Crippen LogP contribution in [0.4, 0.5) is 11.5 Å². The lowest BCUT2D eigenvalue weighted by atomic mass is 9.86. The molecule has 1 heterocycles. The highest BCUT2D eigenvalue weighted by Gasteiger charge is 2.25. The van der Waals surface area contributed by atoms with Gasteiger partial charge in [0.1, 0.15) is 11.9 Å². The maximum atomic E-state index is 12.6. The molecule has 0 radical (unpaired) electrons. The molecule has 0 spiro atoms. The summed E-state index contributed by atoms with van der Waals surface area (Å²) >= 11 is 0. The predicted molar refractivity (Wildman–Crippen MR) is 109 cm³/mol. The van der Waals surface area contributed by atoms with E-state index >= 15 is 0 Å². The van der Waals surface area contributed by atoms with E-state index in [1.54, 1.807) is 24.3 Å². The molecule has 2 aromatic rings. The van der Waals surface area contributed by atoms with Crippen LogP contribution >= 0.6 is 0 Å². The van der Waals surface area contributed by atoms with Crippen molar-refractivity contribution in [3.8, 4) is 0 Å². The number of hydrogen-bond donors (Lipinski definition) is 3. The zero-order valence-corrected chi connectivity index (χ0v) is 16.5. The Bertz CT molecular complexity index is 790. The highest BCUT2D eigenvalue weighted by Crippen LogP contribution is 2.22. The minimum atomic E-state index is -0.669. The van der Waals surface area contributed by atoms with Crippen LogP contribution in [-0.2, 0) is 10.2 Å². The van der Waals surface area contributed by atoms with Gasteiger partial charge >= 0.3 is 0 Å². The molecule has 6 heteroatoms. The number of pyridine rings is 1. The van der Waals surface area contributed by atoms with Gasteiger partial charge in [-0.1, -0.05) is 46.8 Å². The summed E-state index contributed by atoms with van der Waals surface area (Å²) in [5.74, 6) is -0.277. The third-order valence-electron chi connectivity index (χ3n) is 4.30. The molecule has 0 bridgehead atoms. The monoisotopic (exact) mass is 368 g/mol. The topological polar surface area (TPSA) is 97.1 Å². The summed E-state index contributed by atoms with van der Waals surface area (Å²) in [5, 5.41) is 5.59. The Labute approximate surface area is 160 Å². The van der Waals surface area contributed by atoms with Crippen molar-refractivity contribution in [3.05, 3.63) is 53.7 Å². The minimum absolute atomic E-state index is 0.0163. The van der Waals surface area contributed by atoms with E-state index in [1.165, 1.54) is 6.20 Å². The van der Waals surface area contributed by atoms with Crippen molar-refractivity contribution in [1.82, 2.24) is 10.3 Å². The van der Waals surface area contributed by atoms with Crippen molar-refractivity contribution in [2.75, 3.05) is 11.1 Å². The molecule has 0 fully saturated rings. The third kappa shape index (κ3) is 5.54. The Morgan fingerprint density at radius 1 is 1.04 bits per heavy atom. The Hall–Kier alpha value is -2.89. The number of rotatable bonds is 5. The lowest BCUT2D eigenvalue weighted by Crippen LogP contribution is -2.47. The van der Waals surface area contributed by atoms with E-state index in [0.717, 1.165) is 5.56 Å². The van der Waals surface area contributed by atoms with Crippen LogP contribution in [0.25, 0.3) is 0 Å². The van der Waals surface area contributed by atoms with Gasteiger partial charge in [-0.25, -0.2) is 4.98 Å². The van der Waals surface area contributed by atoms with Crippen molar-refractivity contribution < 1.29 is 9.59 Å². The SMILES string of the molecule is CC(C)C(NC(=O)c1ccc(C(C)(C)C)cc1)C(=O)Nc1ccc(N)nc1. The largest absolute Gasteiger partial charge is 0.384 e. The predicted octanol–water partition coefficient (Wildman–Crippen LogP) is 3.35. The van der Waals surface area contributed by atoms with E-state index in [1.807, 2.05) is 26.0 Å². The molecule has 0 saturated heterocycles. The van der Waals surface area contributed by atoms with Crippen molar-refractivity contribution in [1.29, 1.82) is 0 Å². The molecule has 4 N–H and O–H groups in total. The van der Waals surface area contributed by atoms with Crippen LogP contribution < -0.4 is 16.4 Å². The molecule has 2 rings (SSSR count). The number of nitrogens with one attached hydrogen (secondary N) is 2. The summed E-state index contributed by atoms with van der Waals surface area (Å²) < 4.78 is 0. The van der Waals surface area contributed by atoms with E-state index in [4.69, 9.17) is 5.73 Å². The van der Waals surface area contributed by atoms with E-state index in [9.17, 15) is 9.59 Å². The maximum Gasteiger partial charge on any atom is 0.251 e. The van der Waals surface area contributed by atoms with Crippen molar-refractivity contribution in [3.63, 3.8) is 0 Å². The van der Waals surface area contributed by atoms with E-state index in [0.29, 0.717) is 17.1 Å². The van der Waals surface area contributed by atoms with Crippen molar-refractivity contribution in [2.45, 2.75) is 46.1 Å². The molecule has 0 aliphatic heterocycles. The molecular weight excluding hydrogens is 340 g/mol. The Morgan fingerprint density at radius 3 is 2.15 bits per heavy atom. The molecule has 0 aliphatic carbocycles. The van der Waals surface area contributed by atoms with E-state index < -0.39 is 6.04 Å². The molecule has 6 nitrogen and oxygen atoms in total. The molecule has 1 unspecified atom stereocenters. The van der Waals surface area contributed by atoms with E-state index in [-0.39, 0.29) is 23.1 Å². The van der Waals surface area contributed by atoms with Gasteiger partial charge in [0.15, 0.2) is 0 Å². The second kappa shape index (κ2) is 8.20. The summed E-state index contributed by atoms with van der Waals surface area (Å²) in [5.41, 5.74) is 7.77.